The monoisotopic (exact) mass is 287 g/mol. The summed E-state index contributed by atoms with van der Waals surface area (Å²) < 4.78 is 5.03. The number of hydrogen-bond acceptors (Lipinski definition) is 5. The molecule has 5 heteroatoms. The second-order valence-electron chi connectivity index (χ2n) is 5.92. The molecule has 0 bridgehead atoms. The first-order valence-corrected chi connectivity index (χ1v) is 7.74. The van der Waals surface area contributed by atoms with Gasteiger partial charge in [0.05, 0.1) is 24.2 Å². The van der Waals surface area contributed by atoms with Gasteiger partial charge in [0.2, 0.25) is 0 Å². The molecule has 0 aliphatic heterocycles. The van der Waals surface area contributed by atoms with Gasteiger partial charge in [0.25, 0.3) is 0 Å². The summed E-state index contributed by atoms with van der Waals surface area (Å²) in [6.45, 7) is 5.37. The third kappa shape index (κ3) is 6.20. The van der Waals surface area contributed by atoms with Crippen molar-refractivity contribution in [1.82, 2.24) is 5.32 Å². The Hall–Kier alpha value is -0.650. The Labute approximate surface area is 121 Å². The van der Waals surface area contributed by atoms with Crippen LogP contribution in [0.15, 0.2) is 0 Å². The van der Waals surface area contributed by atoms with E-state index in [0.29, 0.717) is 38.8 Å². The summed E-state index contributed by atoms with van der Waals surface area (Å²) in [4.78, 5) is 11.6. The van der Waals surface area contributed by atoms with Gasteiger partial charge in [-0.2, -0.15) is 0 Å². The van der Waals surface area contributed by atoms with Crippen molar-refractivity contribution in [1.29, 1.82) is 0 Å². The van der Waals surface area contributed by atoms with Crippen LogP contribution in [0.25, 0.3) is 0 Å². The predicted molar refractivity (Wildman–Crippen MR) is 77.3 cm³/mol. The molecule has 0 saturated heterocycles. The van der Waals surface area contributed by atoms with E-state index in [2.05, 4.69) is 5.32 Å². The first kappa shape index (κ1) is 17.4. The number of esters is 1. The molecule has 1 unspecified atom stereocenters. The van der Waals surface area contributed by atoms with Crippen LogP contribution in [-0.2, 0) is 9.53 Å². The van der Waals surface area contributed by atoms with Crippen molar-refractivity contribution in [2.45, 2.75) is 64.1 Å². The summed E-state index contributed by atoms with van der Waals surface area (Å²) in [5.74, 6) is -0.176. The van der Waals surface area contributed by atoms with Gasteiger partial charge in [0.1, 0.15) is 0 Å². The van der Waals surface area contributed by atoms with E-state index in [1.807, 2.05) is 6.92 Å². The number of hydrogen-bond donors (Lipinski definition) is 3. The molecule has 1 aliphatic rings. The van der Waals surface area contributed by atoms with E-state index in [4.69, 9.17) is 9.84 Å². The van der Waals surface area contributed by atoms with Crippen LogP contribution in [0.2, 0.25) is 0 Å². The molecule has 3 N–H and O–H groups in total. The first-order valence-electron chi connectivity index (χ1n) is 7.74. The Morgan fingerprint density at radius 1 is 1.45 bits per heavy atom. The van der Waals surface area contributed by atoms with Crippen LogP contribution in [0.3, 0.4) is 0 Å². The van der Waals surface area contributed by atoms with Crippen LogP contribution in [0.1, 0.15) is 52.4 Å². The van der Waals surface area contributed by atoms with Crippen molar-refractivity contribution in [3.63, 3.8) is 0 Å². The molecule has 1 aliphatic carbocycles. The molecule has 118 valence electrons. The molecule has 0 radical (unpaired) electrons. The van der Waals surface area contributed by atoms with Crippen molar-refractivity contribution in [2.24, 2.45) is 5.92 Å². The highest BCUT2D eigenvalue weighted by Crippen LogP contribution is 2.32. The van der Waals surface area contributed by atoms with Crippen molar-refractivity contribution >= 4 is 5.97 Å². The Kier molecular flexibility index (Phi) is 7.48. The van der Waals surface area contributed by atoms with Crippen molar-refractivity contribution < 1.29 is 19.7 Å². The van der Waals surface area contributed by atoms with Crippen LogP contribution in [-0.4, -0.2) is 47.6 Å². The number of aliphatic hydroxyl groups is 2. The van der Waals surface area contributed by atoms with Gasteiger partial charge < -0.3 is 20.3 Å². The lowest BCUT2D eigenvalue weighted by Crippen LogP contribution is -2.44. The number of rotatable bonds is 8. The van der Waals surface area contributed by atoms with Gasteiger partial charge >= 0.3 is 5.97 Å². The normalized spacial score (nSPS) is 28.1. The molecule has 1 atom stereocenters. The molecule has 1 rings (SSSR count). The minimum Gasteiger partial charge on any atom is -0.466 e. The number of aliphatic hydroxyl groups excluding tert-OH is 1. The maximum atomic E-state index is 11.6. The second-order valence-corrected chi connectivity index (χ2v) is 5.92. The van der Waals surface area contributed by atoms with Gasteiger partial charge in [-0.25, -0.2) is 0 Å². The fourth-order valence-corrected chi connectivity index (χ4v) is 2.67. The summed E-state index contributed by atoms with van der Waals surface area (Å²) in [6.07, 6.45) is 4.09. The molecule has 0 spiro atoms. The lowest BCUT2D eigenvalue weighted by molar-refractivity contribution is -0.151. The molecule has 20 heavy (non-hydrogen) atoms. The Morgan fingerprint density at radius 2 is 2.10 bits per heavy atom. The minimum atomic E-state index is -0.701. The Bertz CT molecular complexity index is 286. The molecule has 0 heterocycles. The molecular formula is C15H29NO4. The predicted octanol–water partition coefficient (Wildman–Crippen LogP) is 1.22. The van der Waals surface area contributed by atoms with Gasteiger partial charge in [-0.1, -0.05) is 0 Å². The zero-order valence-corrected chi connectivity index (χ0v) is 12.7. The third-order valence-corrected chi connectivity index (χ3v) is 3.97. The molecular weight excluding hydrogens is 258 g/mol. The highest BCUT2D eigenvalue weighted by Gasteiger charge is 2.35. The van der Waals surface area contributed by atoms with Crippen LogP contribution in [0.5, 0.6) is 0 Å². The van der Waals surface area contributed by atoms with Crippen LogP contribution < -0.4 is 5.32 Å². The third-order valence-electron chi connectivity index (χ3n) is 3.97. The summed E-state index contributed by atoms with van der Waals surface area (Å²) >= 11 is 0. The van der Waals surface area contributed by atoms with E-state index >= 15 is 0 Å². The molecule has 1 saturated carbocycles. The van der Waals surface area contributed by atoms with Gasteiger partial charge in [-0.3, -0.25) is 4.79 Å². The highest BCUT2D eigenvalue weighted by atomic mass is 16.5. The minimum absolute atomic E-state index is 0.0505. The Balaban J connectivity index is 2.19. The quantitative estimate of drug-likeness (QED) is 0.462. The van der Waals surface area contributed by atoms with E-state index < -0.39 is 5.60 Å². The second kappa shape index (κ2) is 8.60. The summed E-state index contributed by atoms with van der Waals surface area (Å²) in [7, 11) is 0. The maximum Gasteiger partial charge on any atom is 0.308 e. The topological polar surface area (TPSA) is 78.8 Å². The summed E-state index contributed by atoms with van der Waals surface area (Å²) in [5.41, 5.74) is -0.701. The average Bonchev–Trinajstić information content (AvgIpc) is 2.39. The smallest absolute Gasteiger partial charge is 0.308 e. The van der Waals surface area contributed by atoms with Crippen molar-refractivity contribution in [3.8, 4) is 0 Å². The molecule has 0 aromatic heterocycles. The van der Waals surface area contributed by atoms with E-state index in [9.17, 15) is 9.90 Å². The first-order chi connectivity index (χ1) is 9.47. The summed E-state index contributed by atoms with van der Waals surface area (Å²) in [6, 6.07) is 0. The molecule has 0 aromatic carbocycles. The molecule has 0 aromatic rings. The molecule has 0 amide bonds. The lowest BCUT2D eigenvalue weighted by atomic mass is 9.79. The zero-order chi connectivity index (χ0) is 15.0. The fraction of sp³-hybridized carbons (Fsp3) is 0.933. The lowest BCUT2D eigenvalue weighted by Gasteiger charge is -2.35. The van der Waals surface area contributed by atoms with Crippen molar-refractivity contribution in [3.05, 3.63) is 0 Å². The number of carbonyl (C=O) groups excluding carboxylic acids is 1. The van der Waals surface area contributed by atoms with E-state index in [0.717, 1.165) is 19.4 Å². The number of nitrogens with one attached hydrogen (secondary N) is 1. The van der Waals surface area contributed by atoms with Gasteiger partial charge in [0.15, 0.2) is 0 Å². The van der Waals surface area contributed by atoms with Gasteiger partial charge in [0, 0.05) is 6.54 Å². The van der Waals surface area contributed by atoms with Gasteiger partial charge in [-0.15, -0.1) is 0 Å². The zero-order valence-electron chi connectivity index (χ0n) is 12.7. The number of carbonyl (C=O) groups is 1. The van der Waals surface area contributed by atoms with E-state index in [-0.39, 0.29) is 18.0 Å². The standard InChI is InChI=1S/C15H29NO4/c1-3-20-14(18)13-6-8-15(19,9-7-13)11-16-10-4-5-12(2)17/h12-13,16-17,19H,3-11H2,1-2H3. The Morgan fingerprint density at radius 3 is 2.65 bits per heavy atom. The molecule has 5 nitrogen and oxygen atoms in total. The molecule has 1 fully saturated rings. The van der Waals surface area contributed by atoms with Crippen molar-refractivity contribution in [2.75, 3.05) is 19.7 Å². The van der Waals surface area contributed by atoms with Crippen LogP contribution in [0, 0.1) is 5.92 Å². The average molecular weight is 287 g/mol. The number of ether oxygens (including phenoxy) is 1. The van der Waals surface area contributed by atoms with E-state index in [1.165, 1.54) is 0 Å². The summed E-state index contributed by atoms with van der Waals surface area (Å²) in [5, 5.41) is 22.8. The van der Waals surface area contributed by atoms with E-state index in [1.54, 1.807) is 6.92 Å². The maximum absolute atomic E-state index is 11.6. The van der Waals surface area contributed by atoms with Crippen LogP contribution >= 0.6 is 0 Å². The fourth-order valence-electron chi connectivity index (χ4n) is 2.67. The largest absolute Gasteiger partial charge is 0.466 e. The van der Waals surface area contributed by atoms with Crippen LogP contribution in [0.4, 0.5) is 0 Å². The van der Waals surface area contributed by atoms with Gasteiger partial charge in [-0.05, 0) is 58.9 Å². The SMILES string of the molecule is CCOC(=O)C1CCC(O)(CNCCCC(C)O)CC1. The highest BCUT2D eigenvalue weighted by molar-refractivity contribution is 5.72.